The van der Waals surface area contributed by atoms with Crippen LogP contribution in [0, 0.1) is 26.7 Å². The van der Waals surface area contributed by atoms with Crippen LogP contribution in [-0.2, 0) is 6.54 Å². The average Bonchev–Trinajstić information content (AvgIpc) is 2.30. The third-order valence-electron chi connectivity index (χ3n) is 3.48. The maximum absolute atomic E-state index is 5.60. The lowest BCUT2D eigenvalue weighted by atomic mass is 10.0. The lowest BCUT2D eigenvalue weighted by Gasteiger charge is -2.12. The average molecular weight is 234 g/mol. The Balaban J connectivity index is 2.44. The summed E-state index contributed by atoms with van der Waals surface area (Å²) in [5.41, 5.74) is 11.1. The number of hydrogen-bond donors (Lipinski definition) is 2. The Labute approximate surface area is 106 Å². The molecule has 0 amide bonds. The summed E-state index contributed by atoms with van der Waals surface area (Å²) in [5.74, 6) is 0.614. The Morgan fingerprint density at radius 2 is 1.76 bits per heavy atom. The zero-order valence-electron chi connectivity index (χ0n) is 11.6. The minimum Gasteiger partial charge on any atom is -0.330 e. The van der Waals surface area contributed by atoms with Crippen LogP contribution >= 0.6 is 0 Å². The first-order valence-electron chi connectivity index (χ1n) is 6.52. The van der Waals surface area contributed by atoms with Gasteiger partial charge in [-0.25, -0.2) is 0 Å². The standard InChI is InChI=1S/C15H26N2/c1-11(9-16)5-6-17-10-15-8-13(3)12(2)7-14(15)4/h7-8,11,17H,5-6,9-10,16H2,1-4H3. The fraction of sp³-hybridized carbons (Fsp3) is 0.600. The molecule has 96 valence electrons. The van der Waals surface area contributed by atoms with Crippen molar-refractivity contribution in [3.05, 3.63) is 34.4 Å². The molecule has 0 saturated carbocycles. The van der Waals surface area contributed by atoms with Crippen molar-refractivity contribution in [2.75, 3.05) is 13.1 Å². The molecule has 17 heavy (non-hydrogen) atoms. The molecule has 0 fully saturated rings. The van der Waals surface area contributed by atoms with Crippen LogP contribution in [0.5, 0.6) is 0 Å². The lowest BCUT2D eigenvalue weighted by molar-refractivity contribution is 0.509. The van der Waals surface area contributed by atoms with Crippen LogP contribution in [0.25, 0.3) is 0 Å². The highest BCUT2D eigenvalue weighted by Crippen LogP contribution is 2.15. The highest BCUT2D eigenvalue weighted by molar-refractivity contribution is 5.36. The minimum absolute atomic E-state index is 0.614. The highest BCUT2D eigenvalue weighted by Gasteiger charge is 2.02. The van der Waals surface area contributed by atoms with Crippen LogP contribution in [0.4, 0.5) is 0 Å². The quantitative estimate of drug-likeness (QED) is 0.743. The second kappa shape index (κ2) is 6.77. The van der Waals surface area contributed by atoms with E-state index in [-0.39, 0.29) is 0 Å². The van der Waals surface area contributed by atoms with Gasteiger partial charge in [-0.05, 0) is 68.5 Å². The van der Waals surface area contributed by atoms with Crippen molar-refractivity contribution < 1.29 is 0 Å². The van der Waals surface area contributed by atoms with Crippen LogP contribution in [0.2, 0.25) is 0 Å². The van der Waals surface area contributed by atoms with Gasteiger partial charge in [-0.15, -0.1) is 0 Å². The maximum atomic E-state index is 5.60. The van der Waals surface area contributed by atoms with Crippen molar-refractivity contribution in [2.45, 2.75) is 40.7 Å². The van der Waals surface area contributed by atoms with Gasteiger partial charge in [0, 0.05) is 6.54 Å². The van der Waals surface area contributed by atoms with Crippen molar-refractivity contribution in [2.24, 2.45) is 11.7 Å². The van der Waals surface area contributed by atoms with Crippen LogP contribution in [-0.4, -0.2) is 13.1 Å². The molecule has 1 aromatic carbocycles. The molecule has 0 aliphatic carbocycles. The first-order chi connectivity index (χ1) is 8.04. The molecule has 0 saturated heterocycles. The third-order valence-corrected chi connectivity index (χ3v) is 3.48. The monoisotopic (exact) mass is 234 g/mol. The summed E-state index contributed by atoms with van der Waals surface area (Å²) in [4.78, 5) is 0. The van der Waals surface area contributed by atoms with Gasteiger partial charge in [0.25, 0.3) is 0 Å². The van der Waals surface area contributed by atoms with Gasteiger partial charge in [0.2, 0.25) is 0 Å². The number of rotatable bonds is 6. The summed E-state index contributed by atoms with van der Waals surface area (Å²) < 4.78 is 0. The van der Waals surface area contributed by atoms with E-state index in [2.05, 4.69) is 45.1 Å². The molecule has 1 atom stereocenters. The van der Waals surface area contributed by atoms with Crippen LogP contribution in [0.1, 0.15) is 35.6 Å². The van der Waals surface area contributed by atoms with Crippen LogP contribution < -0.4 is 11.1 Å². The highest BCUT2D eigenvalue weighted by atomic mass is 14.8. The van der Waals surface area contributed by atoms with Crippen molar-refractivity contribution in [1.29, 1.82) is 0 Å². The fourth-order valence-electron chi connectivity index (χ4n) is 1.90. The van der Waals surface area contributed by atoms with E-state index in [1.165, 1.54) is 22.3 Å². The molecule has 2 heteroatoms. The Morgan fingerprint density at radius 3 is 2.41 bits per heavy atom. The van der Waals surface area contributed by atoms with Gasteiger partial charge in [0.15, 0.2) is 0 Å². The number of nitrogens with one attached hydrogen (secondary N) is 1. The topological polar surface area (TPSA) is 38.0 Å². The molecule has 0 aliphatic rings. The number of hydrogen-bond acceptors (Lipinski definition) is 2. The summed E-state index contributed by atoms with van der Waals surface area (Å²) in [6.07, 6.45) is 1.15. The molecular weight excluding hydrogens is 208 g/mol. The Bertz CT molecular complexity index is 358. The summed E-state index contributed by atoms with van der Waals surface area (Å²) in [6, 6.07) is 4.57. The van der Waals surface area contributed by atoms with Crippen molar-refractivity contribution in [3.8, 4) is 0 Å². The third kappa shape index (κ3) is 4.49. The van der Waals surface area contributed by atoms with E-state index in [1.54, 1.807) is 0 Å². The van der Waals surface area contributed by atoms with Crippen molar-refractivity contribution >= 4 is 0 Å². The summed E-state index contributed by atoms with van der Waals surface area (Å²) in [5, 5.41) is 3.50. The van der Waals surface area contributed by atoms with Crippen LogP contribution in [0.3, 0.4) is 0 Å². The van der Waals surface area contributed by atoms with Gasteiger partial charge in [0.1, 0.15) is 0 Å². The molecule has 0 heterocycles. The van der Waals surface area contributed by atoms with Crippen LogP contribution in [0.15, 0.2) is 12.1 Å². The summed E-state index contributed by atoms with van der Waals surface area (Å²) in [7, 11) is 0. The predicted octanol–water partition coefficient (Wildman–Crippen LogP) is 2.69. The first kappa shape index (κ1) is 14.2. The van der Waals surface area contributed by atoms with E-state index >= 15 is 0 Å². The molecule has 2 nitrogen and oxygen atoms in total. The van der Waals surface area contributed by atoms with Gasteiger partial charge in [-0.3, -0.25) is 0 Å². The van der Waals surface area contributed by atoms with E-state index in [9.17, 15) is 0 Å². The van der Waals surface area contributed by atoms with Gasteiger partial charge in [-0.1, -0.05) is 19.1 Å². The lowest BCUT2D eigenvalue weighted by Crippen LogP contribution is -2.20. The van der Waals surface area contributed by atoms with Crippen molar-refractivity contribution in [3.63, 3.8) is 0 Å². The molecule has 0 aromatic heterocycles. The molecule has 3 N–H and O–H groups in total. The first-order valence-corrected chi connectivity index (χ1v) is 6.52. The zero-order chi connectivity index (χ0) is 12.8. The Hall–Kier alpha value is -0.860. The minimum atomic E-state index is 0.614. The molecule has 1 unspecified atom stereocenters. The van der Waals surface area contributed by atoms with Gasteiger partial charge in [-0.2, -0.15) is 0 Å². The largest absolute Gasteiger partial charge is 0.330 e. The zero-order valence-corrected chi connectivity index (χ0v) is 11.6. The molecule has 0 bridgehead atoms. The van der Waals surface area contributed by atoms with E-state index in [0.29, 0.717) is 5.92 Å². The second-order valence-electron chi connectivity index (χ2n) is 5.17. The second-order valence-corrected chi connectivity index (χ2v) is 5.17. The van der Waals surface area contributed by atoms with Gasteiger partial charge >= 0.3 is 0 Å². The number of benzene rings is 1. The predicted molar refractivity (Wildman–Crippen MR) is 75.2 cm³/mol. The van der Waals surface area contributed by atoms with E-state index < -0.39 is 0 Å². The summed E-state index contributed by atoms with van der Waals surface area (Å²) in [6.45, 7) is 11.5. The molecular formula is C15H26N2. The molecule has 1 aromatic rings. The Kier molecular flexibility index (Phi) is 5.66. The maximum Gasteiger partial charge on any atom is 0.0208 e. The molecule has 0 spiro atoms. The van der Waals surface area contributed by atoms with Crippen molar-refractivity contribution in [1.82, 2.24) is 5.32 Å². The van der Waals surface area contributed by atoms with E-state index in [0.717, 1.165) is 26.1 Å². The Morgan fingerprint density at radius 1 is 1.12 bits per heavy atom. The van der Waals surface area contributed by atoms with Gasteiger partial charge in [0.05, 0.1) is 0 Å². The SMILES string of the molecule is Cc1cc(C)c(CNCCC(C)CN)cc1C. The molecule has 1 rings (SSSR count). The van der Waals surface area contributed by atoms with E-state index in [1.807, 2.05) is 0 Å². The smallest absolute Gasteiger partial charge is 0.0208 e. The van der Waals surface area contributed by atoms with E-state index in [4.69, 9.17) is 5.73 Å². The summed E-state index contributed by atoms with van der Waals surface area (Å²) >= 11 is 0. The number of aryl methyl sites for hydroxylation is 3. The molecule has 0 radical (unpaired) electrons. The number of nitrogens with two attached hydrogens (primary N) is 1. The normalized spacial score (nSPS) is 12.8. The van der Waals surface area contributed by atoms with Gasteiger partial charge < -0.3 is 11.1 Å². The molecule has 0 aliphatic heterocycles. The fourth-order valence-corrected chi connectivity index (χ4v) is 1.90.